The first-order valence-electron chi connectivity index (χ1n) is 21.4. The maximum Gasteiger partial charge on any atom is 0.410 e. The number of nitrogens with zero attached hydrogens (tertiary/aromatic N) is 6. The number of likely N-dealkylation sites (tertiary alicyclic amines) is 4. The van der Waals surface area contributed by atoms with Crippen molar-refractivity contribution in [2.45, 2.75) is 142 Å². The SMILES string of the molecule is CC(C)(C)OC(=O)N1CCC(C)(N2CCC(N)CC2)C1.Cc1ccc(F)c([N+](=O)[O-])c1.Cc1ccc(NC2CCN(C3(C)CCN(C(=O)OC(C)(C)C)C3)CC2)c([N+](=O)[O-])c1. The van der Waals surface area contributed by atoms with Crippen molar-refractivity contribution < 1.29 is 33.3 Å². The third-order valence-electron chi connectivity index (χ3n) is 11.8. The Morgan fingerprint density at radius 1 is 0.721 bits per heavy atom. The van der Waals surface area contributed by atoms with Gasteiger partial charge in [0, 0.05) is 87.7 Å². The summed E-state index contributed by atoms with van der Waals surface area (Å²) in [5.41, 5.74) is 6.90. The minimum atomic E-state index is -0.791. The number of rotatable bonds is 6. The van der Waals surface area contributed by atoms with Gasteiger partial charge in [0.15, 0.2) is 0 Å². The van der Waals surface area contributed by atoms with Crippen LogP contribution >= 0.6 is 0 Å². The topological polar surface area (TPSA) is 190 Å². The molecule has 0 aliphatic carbocycles. The van der Waals surface area contributed by atoms with Crippen LogP contribution in [0.25, 0.3) is 0 Å². The van der Waals surface area contributed by atoms with Crippen LogP contribution in [0.4, 0.5) is 31.0 Å². The lowest BCUT2D eigenvalue weighted by Gasteiger charge is -2.43. The zero-order chi connectivity index (χ0) is 45.5. The molecule has 16 nitrogen and oxygen atoms in total. The van der Waals surface area contributed by atoms with E-state index in [2.05, 4.69) is 29.0 Å². The fourth-order valence-corrected chi connectivity index (χ4v) is 8.27. The predicted molar refractivity (Wildman–Crippen MR) is 234 cm³/mol. The molecule has 340 valence electrons. The van der Waals surface area contributed by atoms with Crippen molar-refractivity contribution in [1.29, 1.82) is 0 Å². The molecule has 4 saturated heterocycles. The molecule has 2 aromatic rings. The van der Waals surface area contributed by atoms with Gasteiger partial charge in [-0.15, -0.1) is 0 Å². The molecule has 0 spiro atoms. The molecular weight excluding hydrogens is 788 g/mol. The number of piperidine rings is 2. The normalized spacial score (nSPS) is 23.0. The number of carbonyl (C=O) groups is 2. The molecule has 2 unspecified atom stereocenters. The Kier molecular flexibility index (Phi) is 16.1. The predicted octanol–water partition coefficient (Wildman–Crippen LogP) is 8.03. The van der Waals surface area contributed by atoms with Crippen LogP contribution in [0.1, 0.15) is 105 Å². The van der Waals surface area contributed by atoms with Crippen molar-refractivity contribution in [2.75, 3.05) is 57.7 Å². The molecule has 61 heavy (non-hydrogen) atoms. The Morgan fingerprint density at radius 3 is 1.54 bits per heavy atom. The number of ether oxygens (including phenoxy) is 2. The third kappa shape index (κ3) is 14.2. The average Bonchev–Trinajstić information content (AvgIpc) is 3.77. The van der Waals surface area contributed by atoms with Crippen molar-refractivity contribution in [1.82, 2.24) is 19.6 Å². The van der Waals surface area contributed by atoms with Crippen LogP contribution in [0.3, 0.4) is 0 Å². The summed E-state index contributed by atoms with van der Waals surface area (Å²) in [6.45, 7) is 26.2. The van der Waals surface area contributed by atoms with Gasteiger partial charge < -0.3 is 30.3 Å². The highest BCUT2D eigenvalue weighted by Crippen LogP contribution is 2.34. The number of amides is 2. The van der Waals surface area contributed by atoms with E-state index in [1.165, 1.54) is 12.1 Å². The van der Waals surface area contributed by atoms with Crippen molar-refractivity contribution >= 4 is 29.2 Å². The number of anilines is 1. The van der Waals surface area contributed by atoms with E-state index in [0.29, 0.717) is 30.4 Å². The fraction of sp³-hybridized carbons (Fsp3) is 0.682. The van der Waals surface area contributed by atoms with Gasteiger partial charge in [0.05, 0.1) is 9.85 Å². The number of nitrogens with one attached hydrogen (secondary N) is 1. The molecule has 4 fully saturated rings. The summed E-state index contributed by atoms with van der Waals surface area (Å²) in [7, 11) is 0. The van der Waals surface area contributed by atoms with Gasteiger partial charge in [0.2, 0.25) is 5.82 Å². The maximum atomic E-state index is 12.6. The first-order chi connectivity index (χ1) is 28.3. The lowest BCUT2D eigenvalue weighted by Crippen LogP contribution is -2.53. The van der Waals surface area contributed by atoms with Crippen LogP contribution in [-0.2, 0) is 9.47 Å². The van der Waals surface area contributed by atoms with Crippen molar-refractivity contribution in [3.05, 3.63) is 73.6 Å². The Bertz CT molecular complexity index is 1860. The molecule has 2 atom stereocenters. The van der Waals surface area contributed by atoms with Crippen LogP contribution in [0, 0.1) is 39.9 Å². The fourth-order valence-electron chi connectivity index (χ4n) is 8.27. The highest BCUT2D eigenvalue weighted by molar-refractivity contribution is 5.69. The summed E-state index contributed by atoms with van der Waals surface area (Å²) in [4.78, 5) is 53.6. The molecule has 4 aliphatic heterocycles. The second-order valence-corrected chi connectivity index (χ2v) is 19.5. The van der Waals surface area contributed by atoms with E-state index >= 15 is 0 Å². The van der Waals surface area contributed by atoms with Gasteiger partial charge in [-0.2, -0.15) is 4.39 Å². The van der Waals surface area contributed by atoms with E-state index in [1.807, 2.05) is 64.3 Å². The highest BCUT2D eigenvalue weighted by Gasteiger charge is 2.44. The molecular formula is C44H69FN8O8. The lowest BCUT2D eigenvalue weighted by molar-refractivity contribution is -0.387. The van der Waals surface area contributed by atoms with E-state index in [-0.39, 0.29) is 39.9 Å². The van der Waals surface area contributed by atoms with Crippen LogP contribution in [0.15, 0.2) is 36.4 Å². The summed E-state index contributed by atoms with van der Waals surface area (Å²) in [6.07, 6.45) is 5.45. The molecule has 4 heterocycles. The van der Waals surface area contributed by atoms with Crippen molar-refractivity contribution in [3.63, 3.8) is 0 Å². The molecule has 2 aromatic carbocycles. The monoisotopic (exact) mass is 857 g/mol. The molecule has 0 aromatic heterocycles. The minimum absolute atomic E-state index is 0.0578. The molecule has 3 N–H and O–H groups in total. The zero-order valence-electron chi connectivity index (χ0n) is 37.9. The van der Waals surface area contributed by atoms with Gasteiger partial charge in [-0.1, -0.05) is 12.1 Å². The number of nitro benzene ring substituents is 2. The average molecular weight is 857 g/mol. The zero-order valence-corrected chi connectivity index (χ0v) is 37.9. The number of nitrogens with two attached hydrogens (primary N) is 1. The maximum absolute atomic E-state index is 12.6. The van der Waals surface area contributed by atoms with Gasteiger partial charge in [-0.3, -0.25) is 30.0 Å². The summed E-state index contributed by atoms with van der Waals surface area (Å²) < 4.78 is 23.6. The van der Waals surface area contributed by atoms with Crippen molar-refractivity contribution in [3.8, 4) is 0 Å². The molecule has 0 saturated carbocycles. The largest absolute Gasteiger partial charge is 0.444 e. The Hall–Kier alpha value is -4.61. The number of benzene rings is 2. The number of hydrogen-bond donors (Lipinski definition) is 2. The summed E-state index contributed by atoms with van der Waals surface area (Å²) in [6, 6.07) is 9.65. The smallest absolute Gasteiger partial charge is 0.410 e. The van der Waals surface area contributed by atoms with Crippen LogP contribution in [0.2, 0.25) is 0 Å². The quantitative estimate of drug-likeness (QED) is 0.211. The Morgan fingerprint density at radius 2 is 1.13 bits per heavy atom. The van der Waals surface area contributed by atoms with Crippen LogP contribution in [-0.4, -0.2) is 128 Å². The Labute approximate surface area is 360 Å². The number of halogens is 1. The van der Waals surface area contributed by atoms with Gasteiger partial charge in [-0.25, -0.2) is 9.59 Å². The van der Waals surface area contributed by atoms with Crippen LogP contribution < -0.4 is 11.1 Å². The number of hydrogen-bond acceptors (Lipinski definition) is 12. The first kappa shape index (κ1) is 49.0. The summed E-state index contributed by atoms with van der Waals surface area (Å²) in [5, 5.41) is 24.9. The van der Waals surface area contributed by atoms with Crippen molar-refractivity contribution in [2.24, 2.45) is 5.73 Å². The molecule has 2 amide bonds. The molecule has 4 aliphatic rings. The van der Waals surface area contributed by atoms with E-state index in [1.54, 1.807) is 19.1 Å². The van der Waals surface area contributed by atoms with Gasteiger partial charge in [0.1, 0.15) is 16.9 Å². The number of carbonyl (C=O) groups excluding carboxylic acids is 2. The number of nitro groups is 2. The molecule has 6 rings (SSSR count). The van der Waals surface area contributed by atoms with E-state index in [9.17, 15) is 34.2 Å². The standard InChI is InChI=1S/C22H34N4O4.C15H29N3O2.C7H6FNO2/c1-16-6-7-18(19(14-16)26(28)29)23-17-8-11-25(12-9-17)22(5)10-13-24(15-22)20(27)30-21(2,3)4;1-14(2,3)20-13(19)17-10-7-15(4,11-17)18-8-5-12(16)6-9-18;1-5-2-3-6(8)7(4-5)9(10)11/h6-7,14,17,23H,8-13,15H2,1-5H3;12H,5-11,16H2,1-4H3;2-4H,1H3. The Balaban J connectivity index is 0.000000226. The highest BCUT2D eigenvalue weighted by atomic mass is 19.1. The van der Waals surface area contributed by atoms with E-state index in [4.69, 9.17) is 15.2 Å². The molecule has 17 heteroatoms. The lowest BCUT2D eigenvalue weighted by atomic mass is 9.93. The van der Waals surface area contributed by atoms with Gasteiger partial charge in [0.25, 0.3) is 5.69 Å². The van der Waals surface area contributed by atoms with Crippen LogP contribution in [0.5, 0.6) is 0 Å². The summed E-state index contributed by atoms with van der Waals surface area (Å²) in [5.74, 6) is -0.791. The molecule has 0 radical (unpaired) electrons. The third-order valence-corrected chi connectivity index (χ3v) is 11.8. The first-order valence-corrected chi connectivity index (χ1v) is 21.4. The second-order valence-electron chi connectivity index (χ2n) is 19.5. The van der Waals surface area contributed by atoms with Gasteiger partial charge >= 0.3 is 17.9 Å². The minimum Gasteiger partial charge on any atom is -0.444 e. The van der Waals surface area contributed by atoms with E-state index in [0.717, 1.165) is 89.4 Å². The second kappa shape index (κ2) is 20.1. The molecule has 0 bridgehead atoms. The van der Waals surface area contributed by atoms with E-state index < -0.39 is 27.6 Å². The number of aryl methyl sites for hydroxylation is 2. The summed E-state index contributed by atoms with van der Waals surface area (Å²) >= 11 is 0. The van der Waals surface area contributed by atoms with Gasteiger partial charge in [-0.05, 0) is 131 Å².